The van der Waals surface area contributed by atoms with Crippen LogP contribution >= 0.6 is 23.6 Å². The minimum atomic E-state index is -3.67. The summed E-state index contributed by atoms with van der Waals surface area (Å²) in [5.74, 6) is 1.46. The summed E-state index contributed by atoms with van der Waals surface area (Å²) in [4.78, 5) is 0. The molecule has 9 heteroatoms. The topological polar surface area (TPSA) is 79.5 Å². The van der Waals surface area contributed by atoms with Crippen molar-refractivity contribution in [3.05, 3.63) is 96.4 Å². The third kappa shape index (κ3) is 5.64. The third-order valence-corrected chi connectivity index (χ3v) is 7.24. The van der Waals surface area contributed by atoms with Crippen molar-refractivity contribution in [3.63, 3.8) is 0 Å². The molecule has 0 fully saturated rings. The zero-order valence-electron chi connectivity index (χ0n) is 16.7. The van der Waals surface area contributed by atoms with E-state index in [9.17, 15) is 8.42 Å². The lowest BCUT2D eigenvalue weighted by atomic mass is 10.3. The van der Waals surface area contributed by atoms with Crippen molar-refractivity contribution in [3.8, 4) is 11.5 Å². The minimum Gasteiger partial charge on any atom is -0.457 e. The second-order valence-electron chi connectivity index (χ2n) is 6.60. The molecule has 3 N–H and O–H groups in total. The fourth-order valence-corrected chi connectivity index (χ4v) is 5.11. The number of ether oxygens (including phenoxy) is 1. The highest BCUT2D eigenvalue weighted by Crippen LogP contribution is 2.27. The number of rotatable bonds is 7. The van der Waals surface area contributed by atoms with Crippen molar-refractivity contribution < 1.29 is 13.2 Å². The van der Waals surface area contributed by atoms with E-state index in [1.54, 1.807) is 41.8 Å². The van der Waals surface area contributed by atoms with E-state index in [4.69, 9.17) is 17.0 Å². The Bertz CT molecular complexity index is 1290. The van der Waals surface area contributed by atoms with Crippen LogP contribution in [0.1, 0.15) is 0 Å². The highest BCUT2D eigenvalue weighted by atomic mass is 32.2. The molecule has 6 nitrogen and oxygen atoms in total. The van der Waals surface area contributed by atoms with Gasteiger partial charge in [0.05, 0.1) is 11.4 Å². The molecule has 0 saturated carbocycles. The lowest BCUT2D eigenvalue weighted by molar-refractivity contribution is 0.483. The SMILES string of the molecule is O=S(=O)(Nc1ccccc1NC(=S)Nc1ccc(Oc2ccccc2)cc1)c1cccs1. The fraction of sp³-hybridized carbons (Fsp3) is 0. The predicted octanol–water partition coefficient (Wildman–Crippen LogP) is 6.15. The van der Waals surface area contributed by atoms with Crippen molar-refractivity contribution in [2.45, 2.75) is 4.21 Å². The lowest BCUT2D eigenvalue weighted by Gasteiger charge is -2.15. The van der Waals surface area contributed by atoms with Crippen LogP contribution in [0.15, 0.2) is 101 Å². The van der Waals surface area contributed by atoms with E-state index in [-0.39, 0.29) is 4.21 Å². The zero-order chi connectivity index (χ0) is 22.4. The van der Waals surface area contributed by atoms with Gasteiger partial charge in [0.25, 0.3) is 10.0 Å². The highest BCUT2D eigenvalue weighted by molar-refractivity contribution is 7.94. The van der Waals surface area contributed by atoms with Crippen LogP contribution in [0, 0.1) is 0 Å². The van der Waals surface area contributed by atoms with Crippen LogP contribution in [0.25, 0.3) is 0 Å². The molecule has 3 aromatic carbocycles. The summed E-state index contributed by atoms with van der Waals surface area (Å²) < 4.78 is 33.8. The molecule has 0 aliphatic heterocycles. The number of anilines is 3. The maximum atomic E-state index is 12.6. The van der Waals surface area contributed by atoms with Crippen molar-refractivity contribution in [2.24, 2.45) is 0 Å². The highest BCUT2D eigenvalue weighted by Gasteiger charge is 2.17. The van der Waals surface area contributed by atoms with Gasteiger partial charge in [0, 0.05) is 5.69 Å². The Morgan fingerprint density at radius 2 is 1.41 bits per heavy atom. The summed E-state index contributed by atoms with van der Waals surface area (Å²) in [7, 11) is -3.67. The van der Waals surface area contributed by atoms with Crippen LogP contribution in [0.4, 0.5) is 17.1 Å². The van der Waals surface area contributed by atoms with Crippen molar-refractivity contribution >= 4 is 55.8 Å². The molecule has 0 aliphatic rings. The van der Waals surface area contributed by atoms with Gasteiger partial charge in [-0.3, -0.25) is 4.72 Å². The van der Waals surface area contributed by atoms with E-state index >= 15 is 0 Å². The average molecular weight is 482 g/mol. The molecular weight excluding hydrogens is 462 g/mol. The van der Waals surface area contributed by atoms with Crippen LogP contribution in [0.3, 0.4) is 0 Å². The van der Waals surface area contributed by atoms with E-state index in [0.717, 1.165) is 22.8 Å². The predicted molar refractivity (Wildman–Crippen MR) is 134 cm³/mol. The van der Waals surface area contributed by atoms with Crippen molar-refractivity contribution in [2.75, 3.05) is 15.4 Å². The van der Waals surface area contributed by atoms with Gasteiger partial charge in [-0.25, -0.2) is 8.42 Å². The van der Waals surface area contributed by atoms with E-state index in [2.05, 4.69) is 15.4 Å². The summed E-state index contributed by atoms with van der Waals surface area (Å²) in [5.41, 5.74) is 1.70. The number of nitrogens with one attached hydrogen (secondary N) is 3. The molecule has 0 saturated heterocycles. The van der Waals surface area contributed by atoms with Gasteiger partial charge in [-0.1, -0.05) is 36.4 Å². The van der Waals surface area contributed by atoms with Crippen LogP contribution < -0.4 is 20.1 Å². The first-order valence-electron chi connectivity index (χ1n) is 9.56. The molecule has 0 unspecified atom stereocenters. The number of thiophene rings is 1. The fourth-order valence-electron chi connectivity index (χ4n) is 2.81. The molecule has 0 bridgehead atoms. The van der Waals surface area contributed by atoms with Gasteiger partial charge in [-0.2, -0.15) is 0 Å². The molecule has 0 atom stereocenters. The first-order chi connectivity index (χ1) is 15.5. The van der Waals surface area contributed by atoms with Crippen molar-refractivity contribution in [1.82, 2.24) is 0 Å². The summed E-state index contributed by atoms with van der Waals surface area (Å²) in [6.45, 7) is 0. The quantitative estimate of drug-likeness (QED) is 0.275. The maximum absolute atomic E-state index is 12.6. The number of thiocarbonyl (C=S) groups is 1. The molecule has 0 spiro atoms. The number of hydrogen-bond acceptors (Lipinski definition) is 5. The summed E-state index contributed by atoms with van der Waals surface area (Å²) >= 11 is 6.56. The average Bonchev–Trinajstić information content (AvgIpc) is 3.33. The Morgan fingerprint density at radius 1 is 0.750 bits per heavy atom. The van der Waals surface area contributed by atoms with Gasteiger partial charge >= 0.3 is 0 Å². The van der Waals surface area contributed by atoms with E-state index < -0.39 is 10.0 Å². The van der Waals surface area contributed by atoms with Gasteiger partial charge in [-0.05, 0) is 72.2 Å². The minimum absolute atomic E-state index is 0.241. The largest absolute Gasteiger partial charge is 0.457 e. The van der Waals surface area contributed by atoms with Gasteiger partial charge in [-0.15, -0.1) is 11.3 Å². The number of benzene rings is 3. The molecule has 32 heavy (non-hydrogen) atoms. The van der Waals surface area contributed by atoms with E-state index in [1.165, 1.54) is 0 Å². The second kappa shape index (κ2) is 9.82. The van der Waals surface area contributed by atoms with Gasteiger partial charge in [0.1, 0.15) is 15.7 Å². The summed E-state index contributed by atoms with van der Waals surface area (Å²) in [6, 6.07) is 27.1. The third-order valence-electron chi connectivity index (χ3n) is 4.27. The van der Waals surface area contributed by atoms with Crippen LogP contribution in [-0.2, 0) is 10.0 Å². The van der Waals surface area contributed by atoms with Gasteiger partial charge < -0.3 is 15.4 Å². The smallest absolute Gasteiger partial charge is 0.271 e. The molecule has 0 aliphatic carbocycles. The number of sulfonamides is 1. The van der Waals surface area contributed by atoms with E-state index in [0.29, 0.717) is 22.2 Å². The summed E-state index contributed by atoms with van der Waals surface area (Å²) in [6.07, 6.45) is 0. The molecule has 4 aromatic rings. The normalized spacial score (nSPS) is 10.9. The summed E-state index contributed by atoms with van der Waals surface area (Å²) in [5, 5.41) is 8.18. The van der Waals surface area contributed by atoms with Gasteiger partial charge in [0.2, 0.25) is 0 Å². The molecule has 162 valence electrons. The molecule has 4 rings (SSSR count). The maximum Gasteiger partial charge on any atom is 0.271 e. The monoisotopic (exact) mass is 481 g/mol. The Balaban J connectivity index is 1.40. The molecule has 0 amide bonds. The van der Waals surface area contributed by atoms with Crippen LogP contribution in [0.5, 0.6) is 11.5 Å². The second-order valence-corrected chi connectivity index (χ2v) is 9.87. The standard InChI is InChI=1S/C23H19N3O3S3/c27-32(28,22-11-6-16-31-22)26-21-10-5-4-9-20(21)25-23(30)24-17-12-14-19(15-13-17)29-18-7-2-1-3-8-18/h1-16,26H,(H2,24,25,30). The Morgan fingerprint density at radius 3 is 2.09 bits per heavy atom. The Kier molecular flexibility index (Phi) is 6.69. The molecule has 0 radical (unpaired) electrons. The molecule has 1 aromatic heterocycles. The number of para-hydroxylation sites is 3. The first-order valence-corrected chi connectivity index (χ1v) is 12.3. The number of hydrogen-bond donors (Lipinski definition) is 3. The Labute approximate surface area is 195 Å². The van der Waals surface area contributed by atoms with Gasteiger partial charge in [0.15, 0.2) is 5.11 Å². The molecular formula is C23H19N3O3S3. The van der Waals surface area contributed by atoms with Crippen molar-refractivity contribution in [1.29, 1.82) is 0 Å². The van der Waals surface area contributed by atoms with E-state index in [1.807, 2.05) is 54.6 Å². The lowest BCUT2D eigenvalue weighted by Crippen LogP contribution is -2.21. The van der Waals surface area contributed by atoms with Crippen LogP contribution in [-0.4, -0.2) is 13.5 Å². The molecule has 1 heterocycles. The zero-order valence-corrected chi connectivity index (χ0v) is 19.1. The first kappa shape index (κ1) is 21.8. The Hall–Kier alpha value is -3.40. The van der Waals surface area contributed by atoms with Crippen LogP contribution in [0.2, 0.25) is 0 Å².